The third-order valence-electron chi connectivity index (χ3n) is 2.40. The first-order valence-electron chi connectivity index (χ1n) is 6.70. The second-order valence-corrected chi connectivity index (χ2v) is 6.08. The van der Waals surface area contributed by atoms with Crippen LogP contribution in [-0.2, 0) is 14.4 Å². The molecule has 0 aromatic heterocycles. The van der Waals surface area contributed by atoms with E-state index in [4.69, 9.17) is 7.85 Å². The van der Waals surface area contributed by atoms with Crippen LogP contribution in [0.25, 0.3) is 0 Å². The van der Waals surface area contributed by atoms with Crippen LogP contribution in [0.5, 0.6) is 0 Å². The Morgan fingerprint density at radius 1 is 1.33 bits per heavy atom. The highest BCUT2D eigenvalue weighted by Gasteiger charge is 2.26. The average molecular weight is 291 g/mol. The molecule has 0 saturated heterocycles. The van der Waals surface area contributed by atoms with Gasteiger partial charge in [0.05, 0.1) is 4.91 Å². The highest BCUT2D eigenvalue weighted by molar-refractivity contribution is 8.23. The van der Waals surface area contributed by atoms with E-state index in [1.807, 2.05) is 0 Å². The van der Waals surface area contributed by atoms with Gasteiger partial charge in [-0.15, -0.1) is 23.5 Å². The van der Waals surface area contributed by atoms with Gasteiger partial charge in [0.15, 0.2) is 5.78 Å². The maximum absolute atomic E-state index is 11.9. The Balaban J connectivity index is 2.32. The summed E-state index contributed by atoms with van der Waals surface area (Å²) >= 11 is 2.42. The molecule has 0 aliphatic carbocycles. The van der Waals surface area contributed by atoms with Gasteiger partial charge >= 0.3 is 5.97 Å². The molecule has 0 amide bonds. The van der Waals surface area contributed by atoms with Gasteiger partial charge < -0.3 is 5.11 Å². The van der Waals surface area contributed by atoms with Gasteiger partial charge in [-0.1, -0.05) is 6.88 Å². The molecule has 4 nitrogen and oxygen atoms in total. The summed E-state index contributed by atoms with van der Waals surface area (Å²) in [5.74, 6) is -1.37. The van der Waals surface area contributed by atoms with E-state index in [0.29, 0.717) is 22.8 Å². The number of hydrogen-bond acceptors (Lipinski definition) is 5. The summed E-state index contributed by atoms with van der Waals surface area (Å²) in [5.41, 5.74) is 0. The summed E-state index contributed by atoms with van der Waals surface area (Å²) in [6, 6.07) is 0. The fraction of sp³-hybridized carbons (Fsp3) is 0.583. The SMILES string of the molecule is [2H]C([3H])CC(=O)CCCCC(=O)C1=C(C(=O)O)SCS1. The van der Waals surface area contributed by atoms with Crippen LogP contribution >= 0.6 is 23.5 Å². The van der Waals surface area contributed by atoms with Gasteiger partial charge in [0.25, 0.3) is 0 Å². The maximum Gasteiger partial charge on any atom is 0.343 e. The van der Waals surface area contributed by atoms with E-state index >= 15 is 0 Å². The summed E-state index contributed by atoms with van der Waals surface area (Å²) in [6.45, 7) is -1.13. The van der Waals surface area contributed by atoms with Crippen LogP contribution in [0, 0.1) is 0 Å². The molecule has 1 aliphatic rings. The normalized spacial score (nSPS) is 18.2. The molecule has 1 aliphatic heterocycles. The minimum atomic E-state index is -1.13. The fourth-order valence-corrected chi connectivity index (χ4v) is 3.85. The van der Waals surface area contributed by atoms with Crippen molar-refractivity contribution in [3.8, 4) is 0 Å². The van der Waals surface area contributed by atoms with E-state index in [1.165, 1.54) is 11.8 Å². The van der Waals surface area contributed by atoms with Gasteiger partial charge in [-0.2, -0.15) is 0 Å². The quantitative estimate of drug-likeness (QED) is 0.693. The number of carbonyl (C=O) groups excluding carboxylic acids is 2. The maximum atomic E-state index is 11.9. The van der Waals surface area contributed by atoms with Gasteiger partial charge in [0.1, 0.15) is 10.7 Å². The Morgan fingerprint density at radius 2 is 2.00 bits per heavy atom. The Bertz CT molecular complexity index is 435. The lowest BCUT2D eigenvalue weighted by atomic mass is 10.1. The Morgan fingerprint density at radius 3 is 2.67 bits per heavy atom. The molecule has 18 heavy (non-hydrogen) atoms. The summed E-state index contributed by atoms with van der Waals surface area (Å²) in [4.78, 5) is 34.5. The number of hydrogen-bond donors (Lipinski definition) is 1. The van der Waals surface area contributed by atoms with Crippen LogP contribution in [0.2, 0.25) is 0 Å². The lowest BCUT2D eigenvalue weighted by Gasteiger charge is -2.02. The smallest absolute Gasteiger partial charge is 0.343 e. The minimum Gasteiger partial charge on any atom is -0.477 e. The summed E-state index contributed by atoms with van der Waals surface area (Å²) < 4.78 is 13.9. The van der Waals surface area contributed by atoms with E-state index < -0.39 is 12.8 Å². The van der Waals surface area contributed by atoms with Crippen molar-refractivity contribution >= 4 is 41.1 Å². The second kappa shape index (κ2) is 7.63. The molecule has 1 N–H and O–H groups in total. The number of rotatable bonds is 8. The zero-order valence-electron chi connectivity index (χ0n) is 11.8. The predicted octanol–water partition coefficient (Wildman–Crippen LogP) is 2.83. The first-order valence-corrected chi connectivity index (χ1v) is 7.51. The Hall–Kier alpha value is -0.750. The number of carboxylic acids is 1. The van der Waals surface area contributed by atoms with Gasteiger partial charge in [-0.3, -0.25) is 9.59 Å². The van der Waals surface area contributed by atoms with Gasteiger partial charge in [0, 0.05) is 27.1 Å². The number of unbranched alkanes of at least 4 members (excludes halogenated alkanes) is 1. The van der Waals surface area contributed by atoms with Crippen LogP contribution in [0.4, 0.5) is 0 Å². The van der Waals surface area contributed by atoms with E-state index in [9.17, 15) is 14.4 Å². The number of aliphatic carboxylic acids is 1. The third kappa shape index (κ3) is 4.49. The molecule has 0 bridgehead atoms. The van der Waals surface area contributed by atoms with Crippen molar-refractivity contribution < 1.29 is 22.2 Å². The predicted molar refractivity (Wildman–Crippen MR) is 73.5 cm³/mol. The number of ketones is 2. The van der Waals surface area contributed by atoms with Gasteiger partial charge in [-0.05, 0) is 12.8 Å². The zero-order valence-corrected chi connectivity index (χ0v) is 11.4. The van der Waals surface area contributed by atoms with E-state index in [0.717, 1.165) is 11.8 Å². The third-order valence-corrected chi connectivity index (χ3v) is 4.86. The Labute approximate surface area is 117 Å². The molecule has 1 heterocycles. The molecular formula is C12H16O4S2. The van der Waals surface area contributed by atoms with Gasteiger partial charge in [0.2, 0.25) is 0 Å². The van der Waals surface area contributed by atoms with Crippen LogP contribution < -0.4 is 0 Å². The van der Waals surface area contributed by atoms with E-state index in [-0.39, 0.29) is 35.7 Å². The highest BCUT2D eigenvalue weighted by Crippen LogP contribution is 2.40. The second-order valence-electron chi connectivity index (χ2n) is 3.74. The van der Waals surface area contributed by atoms with Crippen molar-refractivity contribution in [2.45, 2.75) is 39.0 Å². The van der Waals surface area contributed by atoms with Crippen molar-refractivity contribution in [3.05, 3.63) is 9.81 Å². The summed E-state index contributed by atoms with van der Waals surface area (Å²) in [7, 11) is 0. The van der Waals surface area contributed by atoms with Crippen molar-refractivity contribution in [2.24, 2.45) is 0 Å². The highest BCUT2D eigenvalue weighted by atomic mass is 32.2. The number of carboxylic acid groups (broad SMARTS) is 1. The number of thioether (sulfide) groups is 2. The van der Waals surface area contributed by atoms with Crippen LogP contribution in [0.1, 0.15) is 41.7 Å². The minimum absolute atomic E-state index is 0.0746. The lowest BCUT2D eigenvalue weighted by molar-refractivity contribution is -0.132. The molecule has 6 heteroatoms. The molecule has 0 fully saturated rings. The number of carbonyl (C=O) groups is 3. The van der Waals surface area contributed by atoms with Gasteiger partial charge in [-0.25, -0.2) is 4.79 Å². The van der Waals surface area contributed by atoms with Crippen molar-refractivity contribution in [1.82, 2.24) is 0 Å². The van der Waals surface area contributed by atoms with Crippen LogP contribution in [-0.4, -0.2) is 27.7 Å². The molecule has 1 atom stereocenters. The molecular weight excluding hydrogens is 272 g/mol. The first kappa shape index (κ1) is 12.3. The molecule has 100 valence electrons. The van der Waals surface area contributed by atoms with Crippen LogP contribution in [0.3, 0.4) is 0 Å². The molecule has 0 radical (unpaired) electrons. The molecule has 1 unspecified atom stereocenters. The van der Waals surface area contributed by atoms with Crippen molar-refractivity contribution in [2.75, 3.05) is 5.08 Å². The van der Waals surface area contributed by atoms with E-state index in [1.54, 1.807) is 0 Å². The average Bonchev–Trinajstić information content (AvgIpc) is 2.82. The molecule has 0 aromatic carbocycles. The monoisotopic (exact) mass is 291 g/mol. The topological polar surface area (TPSA) is 71.4 Å². The number of allylic oxidation sites excluding steroid dienone is 1. The summed E-state index contributed by atoms with van der Waals surface area (Å²) in [6.07, 6.45) is 1.48. The zero-order chi connectivity index (χ0) is 15.1. The standard InChI is InChI=1S/C12H16O4S2/c1-2-8(13)5-3-4-6-9(14)10-11(12(15)16)18-7-17-10/h2-7H2,1H3,(H,15,16)/i1TD. The molecule has 0 spiro atoms. The largest absolute Gasteiger partial charge is 0.477 e. The summed E-state index contributed by atoms with van der Waals surface area (Å²) in [5, 5.41) is 9.49. The Kier molecular flexibility index (Phi) is 5.21. The molecule has 0 aromatic rings. The molecule has 1 rings (SSSR count). The van der Waals surface area contributed by atoms with Crippen molar-refractivity contribution in [1.29, 1.82) is 0 Å². The number of Topliss-reactive ketones (excluding diaryl/α,β-unsaturated/α-hetero) is 2. The fourth-order valence-electron chi connectivity index (χ4n) is 1.47. The lowest BCUT2D eigenvalue weighted by Crippen LogP contribution is -2.05. The van der Waals surface area contributed by atoms with Crippen LogP contribution in [0.15, 0.2) is 9.81 Å². The van der Waals surface area contributed by atoms with Crippen molar-refractivity contribution in [3.63, 3.8) is 0 Å². The first-order chi connectivity index (χ1) is 9.41. The van der Waals surface area contributed by atoms with E-state index in [2.05, 4.69) is 0 Å². The molecule has 0 saturated carbocycles.